The molecule has 2 heterocycles. The van der Waals surface area contributed by atoms with Crippen molar-refractivity contribution in [2.24, 2.45) is 4.99 Å². The molecule has 1 aromatic carbocycles. The van der Waals surface area contributed by atoms with E-state index in [1.54, 1.807) is 18.0 Å². The van der Waals surface area contributed by atoms with Gasteiger partial charge < -0.3 is 5.32 Å². The number of rotatable bonds is 2. The number of nitrogens with one attached hydrogen (secondary N) is 1. The third-order valence-corrected chi connectivity index (χ3v) is 4.23. The first-order chi connectivity index (χ1) is 9.33. The van der Waals surface area contributed by atoms with Gasteiger partial charge in [-0.2, -0.15) is 0 Å². The second-order valence-corrected chi connectivity index (χ2v) is 5.62. The van der Waals surface area contributed by atoms with Gasteiger partial charge >= 0.3 is 0 Å². The van der Waals surface area contributed by atoms with Crippen LogP contribution in [0.1, 0.15) is 16.5 Å². The van der Waals surface area contributed by atoms with Crippen LogP contribution in [0.25, 0.3) is 0 Å². The molecule has 1 unspecified atom stereocenters. The number of amidine groups is 1. The smallest absolute Gasteiger partial charge is 0.161 e. The molecule has 19 heavy (non-hydrogen) atoms. The molecule has 96 valence electrons. The third-order valence-electron chi connectivity index (χ3n) is 3.07. The van der Waals surface area contributed by atoms with Crippen LogP contribution in [0.4, 0.5) is 5.69 Å². The number of aliphatic imine (C=N–C) groups is 1. The Kier molecular flexibility index (Phi) is 3.51. The molecule has 0 saturated heterocycles. The summed E-state index contributed by atoms with van der Waals surface area (Å²) >= 11 is 1.78. The summed E-state index contributed by atoms with van der Waals surface area (Å²) in [6.07, 6.45) is 1.80. The molecule has 0 aliphatic carbocycles. The first kappa shape index (κ1) is 12.2. The van der Waals surface area contributed by atoms with Crippen molar-refractivity contribution in [2.75, 3.05) is 11.9 Å². The molecule has 1 aliphatic rings. The van der Waals surface area contributed by atoms with Gasteiger partial charge in [0.2, 0.25) is 0 Å². The van der Waals surface area contributed by atoms with Gasteiger partial charge in [0.1, 0.15) is 0 Å². The minimum absolute atomic E-state index is 0.417. The van der Waals surface area contributed by atoms with Crippen molar-refractivity contribution in [3.63, 3.8) is 0 Å². The lowest BCUT2D eigenvalue weighted by Gasteiger charge is -2.10. The Hall–Kier alpha value is -1.81. The summed E-state index contributed by atoms with van der Waals surface area (Å²) in [5, 5.41) is 4.75. The minimum atomic E-state index is 0.417. The number of hydrogen-bond donors (Lipinski definition) is 1. The average molecular weight is 269 g/mol. The molecule has 0 saturated carbocycles. The van der Waals surface area contributed by atoms with E-state index >= 15 is 0 Å². The molecule has 1 N–H and O–H groups in total. The number of hydrogen-bond acceptors (Lipinski definition) is 4. The molecule has 0 radical (unpaired) electrons. The molecule has 0 amide bonds. The first-order valence-electron chi connectivity index (χ1n) is 6.27. The summed E-state index contributed by atoms with van der Waals surface area (Å²) in [4.78, 5) is 8.84. The van der Waals surface area contributed by atoms with Crippen LogP contribution in [0.2, 0.25) is 0 Å². The minimum Gasteiger partial charge on any atom is -0.333 e. The molecule has 0 spiro atoms. The highest BCUT2D eigenvalue weighted by Crippen LogP contribution is 2.35. The van der Waals surface area contributed by atoms with E-state index in [4.69, 9.17) is 0 Å². The molecule has 0 bridgehead atoms. The van der Waals surface area contributed by atoms with Crippen LogP contribution in [-0.2, 0) is 0 Å². The van der Waals surface area contributed by atoms with Gasteiger partial charge in [0, 0.05) is 6.20 Å². The van der Waals surface area contributed by atoms with Gasteiger partial charge in [0.05, 0.1) is 23.2 Å². The van der Waals surface area contributed by atoms with Crippen molar-refractivity contribution in [1.82, 2.24) is 4.98 Å². The van der Waals surface area contributed by atoms with Crippen LogP contribution in [0.5, 0.6) is 0 Å². The molecular weight excluding hydrogens is 254 g/mol. The maximum absolute atomic E-state index is 4.57. The van der Waals surface area contributed by atoms with E-state index in [1.807, 2.05) is 25.1 Å². The average Bonchev–Trinajstić information content (AvgIpc) is 2.91. The summed E-state index contributed by atoms with van der Waals surface area (Å²) in [7, 11) is 0. The van der Waals surface area contributed by atoms with Crippen molar-refractivity contribution >= 4 is 22.6 Å². The zero-order chi connectivity index (χ0) is 13.1. The van der Waals surface area contributed by atoms with Crippen LogP contribution in [0.15, 0.2) is 53.7 Å². The second-order valence-electron chi connectivity index (χ2n) is 4.42. The number of thioether (sulfide) groups is 1. The van der Waals surface area contributed by atoms with E-state index in [9.17, 15) is 0 Å². The van der Waals surface area contributed by atoms with Crippen LogP contribution in [0, 0.1) is 6.92 Å². The zero-order valence-corrected chi connectivity index (χ0v) is 11.5. The van der Waals surface area contributed by atoms with E-state index in [0.717, 1.165) is 23.1 Å². The summed E-state index contributed by atoms with van der Waals surface area (Å²) < 4.78 is 0. The van der Waals surface area contributed by atoms with Gasteiger partial charge in [-0.1, -0.05) is 42.1 Å². The van der Waals surface area contributed by atoms with E-state index in [1.165, 1.54) is 5.56 Å². The molecule has 1 atom stereocenters. The normalized spacial score (nSPS) is 18.2. The fourth-order valence-electron chi connectivity index (χ4n) is 2.02. The van der Waals surface area contributed by atoms with Gasteiger partial charge in [0.15, 0.2) is 5.17 Å². The van der Waals surface area contributed by atoms with Crippen molar-refractivity contribution < 1.29 is 0 Å². The Morgan fingerprint density at radius 1 is 1.16 bits per heavy atom. The van der Waals surface area contributed by atoms with Crippen molar-refractivity contribution in [2.45, 2.75) is 12.2 Å². The number of aryl methyl sites for hydroxylation is 1. The summed E-state index contributed by atoms with van der Waals surface area (Å²) in [6, 6.07) is 14.5. The Labute approximate surface area is 117 Å². The van der Waals surface area contributed by atoms with E-state index in [-0.39, 0.29) is 0 Å². The van der Waals surface area contributed by atoms with E-state index < -0.39 is 0 Å². The summed E-state index contributed by atoms with van der Waals surface area (Å²) in [6.45, 7) is 2.83. The fourth-order valence-corrected chi connectivity index (χ4v) is 3.05. The largest absolute Gasteiger partial charge is 0.333 e. The van der Waals surface area contributed by atoms with Crippen molar-refractivity contribution in [1.29, 1.82) is 0 Å². The third kappa shape index (κ3) is 2.79. The lowest BCUT2D eigenvalue weighted by Crippen LogP contribution is -2.07. The van der Waals surface area contributed by atoms with Crippen LogP contribution < -0.4 is 5.32 Å². The topological polar surface area (TPSA) is 37.3 Å². The van der Waals surface area contributed by atoms with Gasteiger partial charge in [-0.25, -0.2) is 0 Å². The van der Waals surface area contributed by atoms with Gasteiger partial charge in [-0.3, -0.25) is 9.98 Å². The van der Waals surface area contributed by atoms with Gasteiger partial charge in [-0.15, -0.1) is 0 Å². The van der Waals surface area contributed by atoms with Crippen LogP contribution >= 0.6 is 11.8 Å². The Bertz CT molecular complexity index is 595. The van der Waals surface area contributed by atoms with Gasteiger partial charge in [-0.05, 0) is 24.6 Å². The highest BCUT2D eigenvalue weighted by molar-refractivity contribution is 8.14. The Morgan fingerprint density at radius 2 is 2.00 bits per heavy atom. The molecule has 1 aliphatic heterocycles. The lowest BCUT2D eigenvalue weighted by atomic mass is 10.1. The molecule has 4 heteroatoms. The molecule has 2 aromatic rings. The molecule has 3 nitrogen and oxygen atoms in total. The molecule has 0 fully saturated rings. The number of pyridine rings is 1. The maximum atomic E-state index is 4.57. The van der Waals surface area contributed by atoms with Crippen molar-refractivity contribution in [3.8, 4) is 0 Å². The van der Waals surface area contributed by atoms with Crippen LogP contribution in [-0.4, -0.2) is 16.7 Å². The highest BCUT2D eigenvalue weighted by atomic mass is 32.2. The van der Waals surface area contributed by atoms with Crippen LogP contribution in [0.3, 0.4) is 0 Å². The predicted octanol–water partition coefficient (Wildman–Crippen LogP) is 3.65. The predicted molar refractivity (Wildman–Crippen MR) is 81.7 cm³/mol. The summed E-state index contributed by atoms with van der Waals surface area (Å²) in [5.41, 5.74) is 3.35. The van der Waals surface area contributed by atoms with Crippen molar-refractivity contribution in [3.05, 3.63) is 59.9 Å². The highest BCUT2D eigenvalue weighted by Gasteiger charge is 2.21. The first-order valence-corrected chi connectivity index (χ1v) is 7.15. The summed E-state index contributed by atoms with van der Waals surface area (Å²) in [5.74, 6) is 0. The SMILES string of the molecule is Cc1ncccc1NC1=NCC(c2ccccc2)S1. The number of anilines is 1. The number of aromatic nitrogens is 1. The quantitative estimate of drug-likeness (QED) is 0.904. The molecular formula is C15H15N3S. The molecule has 3 rings (SSSR count). The Balaban J connectivity index is 1.68. The fraction of sp³-hybridized carbons (Fsp3) is 0.200. The zero-order valence-electron chi connectivity index (χ0n) is 10.7. The second kappa shape index (κ2) is 5.45. The lowest BCUT2D eigenvalue weighted by molar-refractivity contribution is 0.966. The standard InChI is InChI=1S/C15H15N3S/c1-11-13(8-5-9-16-11)18-15-17-10-14(19-15)12-6-3-2-4-7-12/h2-9,14H,10H2,1H3,(H,17,18). The van der Waals surface area contributed by atoms with Gasteiger partial charge in [0.25, 0.3) is 0 Å². The maximum Gasteiger partial charge on any atom is 0.161 e. The number of nitrogens with zero attached hydrogens (tertiary/aromatic N) is 2. The molecule has 1 aromatic heterocycles. The number of benzene rings is 1. The van der Waals surface area contributed by atoms with E-state index in [2.05, 4.69) is 39.6 Å². The Morgan fingerprint density at radius 3 is 2.79 bits per heavy atom. The monoisotopic (exact) mass is 269 g/mol. The van der Waals surface area contributed by atoms with E-state index in [0.29, 0.717) is 5.25 Å².